The van der Waals surface area contributed by atoms with Gasteiger partial charge in [0.05, 0.1) is 12.8 Å². The minimum absolute atomic E-state index is 0.0307. The van der Waals surface area contributed by atoms with Gasteiger partial charge in [0.1, 0.15) is 17.6 Å². The van der Waals surface area contributed by atoms with Crippen molar-refractivity contribution in [2.24, 2.45) is 0 Å². The fourth-order valence-corrected chi connectivity index (χ4v) is 3.24. The Labute approximate surface area is 171 Å². The SMILES string of the molecule is CC(C)(C)NC(=O)C(c1ccc(F)cc1)N(Cc1ccco1)C(=O)c1csnn1. The van der Waals surface area contributed by atoms with E-state index in [1.165, 1.54) is 40.8 Å². The van der Waals surface area contributed by atoms with E-state index >= 15 is 0 Å². The molecule has 1 aromatic carbocycles. The van der Waals surface area contributed by atoms with Crippen molar-refractivity contribution in [3.05, 3.63) is 70.9 Å². The highest BCUT2D eigenvalue weighted by molar-refractivity contribution is 7.03. The number of nitrogens with zero attached hydrogens (tertiary/aromatic N) is 3. The molecule has 0 saturated heterocycles. The van der Waals surface area contributed by atoms with Gasteiger partial charge in [0.25, 0.3) is 5.91 Å². The summed E-state index contributed by atoms with van der Waals surface area (Å²) in [6.07, 6.45) is 1.49. The number of hydrogen-bond donors (Lipinski definition) is 1. The lowest BCUT2D eigenvalue weighted by atomic mass is 10.0. The lowest BCUT2D eigenvalue weighted by Crippen LogP contribution is -2.49. The molecule has 0 radical (unpaired) electrons. The lowest BCUT2D eigenvalue weighted by Gasteiger charge is -2.32. The quantitative estimate of drug-likeness (QED) is 0.664. The third-order valence-electron chi connectivity index (χ3n) is 3.99. The molecule has 2 aromatic heterocycles. The smallest absolute Gasteiger partial charge is 0.276 e. The third-order valence-corrected chi connectivity index (χ3v) is 4.49. The molecule has 3 rings (SSSR count). The monoisotopic (exact) mass is 416 g/mol. The molecule has 1 atom stereocenters. The van der Waals surface area contributed by atoms with Crippen LogP contribution in [0.1, 0.15) is 48.6 Å². The van der Waals surface area contributed by atoms with Gasteiger partial charge in [-0.2, -0.15) is 0 Å². The lowest BCUT2D eigenvalue weighted by molar-refractivity contribution is -0.127. The minimum atomic E-state index is -1.02. The Morgan fingerprint density at radius 1 is 1.24 bits per heavy atom. The maximum atomic E-state index is 13.5. The van der Waals surface area contributed by atoms with E-state index in [-0.39, 0.29) is 12.2 Å². The first-order valence-corrected chi connectivity index (χ1v) is 9.76. The molecule has 2 heterocycles. The Morgan fingerprint density at radius 3 is 2.52 bits per heavy atom. The van der Waals surface area contributed by atoms with E-state index in [1.54, 1.807) is 12.1 Å². The van der Waals surface area contributed by atoms with Crippen molar-refractivity contribution in [1.29, 1.82) is 0 Å². The first kappa shape index (κ1) is 20.7. The van der Waals surface area contributed by atoms with Gasteiger partial charge in [0.15, 0.2) is 5.69 Å². The van der Waals surface area contributed by atoms with Gasteiger partial charge < -0.3 is 14.6 Å². The molecule has 1 N–H and O–H groups in total. The van der Waals surface area contributed by atoms with Gasteiger partial charge in [-0.3, -0.25) is 9.59 Å². The molecular weight excluding hydrogens is 395 g/mol. The number of amides is 2. The first-order valence-electron chi connectivity index (χ1n) is 8.92. The van der Waals surface area contributed by atoms with Crippen molar-refractivity contribution in [2.45, 2.75) is 38.9 Å². The Bertz CT molecular complexity index is 951. The van der Waals surface area contributed by atoms with Gasteiger partial charge in [0, 0.05) is 10.9 Å². The van der Waals surface area contributed by atoms with Crippen LogP contribution in [0.2, 0.25) is 0 Å². The molecule has 7 nitrogen and oxygen atoms in total. The van der Waals surface area contributed by atoms with Crippen LogP contribution in [-0.4, -0.2) is 31.8 Å². The average Bonchev–Trinajstić information content (AvgIpc) is 3.34. The number of aromatic nitrogens is 2. The molecule has 3 aromatic rings. The molecular formula is C20H21FN4O3S. The second-order valence-corrected chi connectivity index (χ2v) is 8.11. The van der Waals surface area contributed by atoms with Gasteiger partial charge in [-0.1, -0.05) is 16.6 Å². The summed E-state index contributed by atoms with van der Waals surface area (Å²) in [6.45, 7) is 5.56. The van der Waals surface area contributed by atoms with E-state index in [2.05, 4.69) is 14.9 Å². The maximum absolute atomic E-state index is 13.5. The second-order valence-electron chi connectivity index (χ2n) is 7.50. The molecule has 2 amide bonds. The van der Waals surface area contributed by atoms with Crippen LogP contribution >= 0.6 is 11.5 Å². The fraction of sp³-hybridized carbons (Fsp3) is 0.300. The third kappa shape index (κ3) is 5.26. The molecule has 1 unspecified atom stereocenters. The van der Waals surface area contributed by atoms with Gasteiger partial charge in [-0.05, 0) is 62.1 Å². The van der Waals surface area contributed by atoms with E-state index in [9.17, 15) is 14.0 Å². The average molecular weight is 416 g/mol. The van der Waals surface area contributed by atoms with Crippen LogP contribution < -0.4 is 5.32 Å². The normalized spacial score (nSPS) is 12.4. The Kier molecular flexibility index (Phi) is 6.07. The molecule has 0 spiro atoms. The predicted octanol–water partition coefficient (Wildman–Crippen LogP) is 3.57. The van der Waals surface area contributed by atoms with Crippen molar-refractivity contribution in [1.82, 2.24) is 19.8 Å². The Balaban J connectivity index is 2.06. The fourth-order valence-electron chi connectivity index (χ4n) is 2.81. The van der Waals surface area contributed by atoms with Crippen LogP contribution in [0, 0.1) is 5.82 Å². The molecule has 0 bridgehead atoms. The highest BCUT2D eigenvalue weighted by Crippen LogP contribution is 2.27. The summed E-state index contributed by atoms with van der Waals surface area (Å²) in [7, 11) is 0. The van der Waals surface area contributed by atoms with Crippen LogP contribution in [0.25, 0.3) is 0 Å². The van der Waals surface area contributed by atoms with Crippen molar-refractivity contribution >= 4 is 23.3 Å². The minimum Gasteiger partial charge on any atom is -0.467 e. The van der Waals surface area contributed by atoms with Crippen LogP contribution in [0.3, 0.4) is 0 Å². The molecule has 152 valence electrons. The van der Waals surface area contributed by atoms with Crippen LogP contribution in [0.15, 0.2) is 52.5 Å². The number of rotatable bonds is 6. The largest absolute Gasteiger partial charge is 0.467 e. The molecule has 0 aliphatic rings. The number of carbonyl (C=O) groups is 2. The number of benzene rings is 1. The number of furan rings is 1. The Hall–Kier alpha value is -3.07. The highest BCUT2D eigenvalue weighted by Gasteiger charge is 2.35. The first-order chi connectivity index (χ1) is 13.7. The number of nitrogens with one attached hydrogen (secondary N) is 1. The van der Waals surface area contributed by atoms with E-state index in [1.807, 2.05) is 20.8 Å². The standard InChI is InChI=1S/C20H21FN4O3S/c1-20(2,3)22-18(26)17(13-6-8-14(21)9-7-13)25(11-15-5-4-10-28-15)19(27)16-12-29-24-23-16/h4-10,12,17H,11H2,1-3H3,(H,22,26). The van der Waals surface area contributed by atoms with Gasteiger partial charge in [0.2, 0.25) is 5.91 Å². The highest BCUT2D eigenvalue weighted by atomic mass is 32.1. The van der Waals surface area contributed by atoms with Gasteiger partial charge in [-0.15, -0.1) is 5.10 Å². The van der Waals surface area contributed by atoms with Crippen LogP contribution in [0.5, 0.6) is 0 Å². The van der Waals surface area contributed by atoms with Crippen molar-refractivity contribution < 1.29 is 18.4 Å². The van der Waals surface area contributed by atoms with Crippen molar-refractivity contribution in [3.63, 3.8) is 0 Å². The summed E-state index contributed by atoms with van der Waals surface area (Å²) in [6, 6.07) is 7.88. The summed E-state index contributed by atoms with van der Waals surface area (Å²) >= 11 is 1.04. The van der Waals surface area contributed by atoms with Gasteiger partial charge >= 0.3 is 0 Å². The zero-order chi connectivity index (χ0) is 21.0. The van der Waals surface area contributed by atoms with Gasteiger partial charge in [-0.25, -0.2) is 4.39 Å². The van der Waals surface area contributed by atoms with E-state index in [4.69, 9.17) is 4.42 Å². The number of hydrogen-bond acceptors (Lipinski definition) is 6. The van der Waals surface area contributed by atoms with Crippen molar-refractivity contribution in [2.75, 3.05) is 0 Å². The topological polar surface area (TPSA) is 88.3 Å². The molecule has 9 heteroatoms. The summed E-state index contributed by atoms with van der Waals surface area (Å²) in [5.41, 5.74) is 0.0604. The summed E-state index contributed by atoms with van der Waals surface area (Å²) in [5, 5.41) is 8.26. The van der Waals surface area contributed by atoms with E-state index < -0.39 is 29.2 Å². The summed E-state index contributed by atoms with van der Waals surface area (Å²) < 4.78 is 22.6. The van der Waals surface area contributed by atoms with E-state index in [0.717, 1.165) is 11.5 Å². The van der Waals surface area contributed by atoms with Crippen LogP contribution in [-0.2, 0) is 11.3 Å². The molecule has 0 fully saturated rings. The molecule has 29 heavy (non-hydrogen) atoms. The predicted molar refractivity (Wildman–Crippen MR) is 106 cm³/mol. The summed E-state index contributed by atoms with van der Waals surface area (Å²) in [4.78, 5) is 27.8. The van der Waals surface area contributed by atoms with Crippen LogP contribution in [0.4, 0.5) is 4.39 Å². The maximum Gasteiger partial charge on any atom is 0.276 e. The molecule has 0 aliphatic heterocycles. The molecule has 0 aliphatic carbocycles. The van der Waals surface area contributed by atoms with E-state index in [0.29, 0.717) is 11.3 Å². The Morgan fingerprint density at radius 2 is 1.97 bits per heavy atom. The molecule has 0 saturated carbocycles. The zero-order valence-electron chi connectivity index (χ0n) is 16.3. The zero-order valence-corrected chi connectivity index (χ0v) is 17.1. The van der Waals surface area contributed by atoms with Crippen molar-refractivity contribution in [3.8, 4) is 0 Å². The number of carbonyl (C=O) groups excluding carboxylic acids is 2. The number of halogens is 1. The second kappa shape index (κ2) is 8.52. The summed E-state index contributed by atoms with van der Waals surface area (Å²) in [5.74, 6) is -0.811.